The predicted molar refractivity (Wildman–Crippen MR) is 65.5 cm³/mol. The average Bonchev–Trinajstić information content (AvgIpc) is 2.30. The molecule has 88 valence electrons. The molecule has 2 aromatic rings. The maximum atomic E-state index is 5.77. The van der Waals surface area contributed by atoms with E-state index in [9.17, 15) is 0 Å². The van der Waals surface area contributed by atoms with E-state index >= 15 is 0 Å². The van der Waals surface area contributed by atoms with Crippen LogP contribution in [0.25, 0.3) is 0 Å². The second kappa shape index (κ2) is 5.45. The summed E-state index contributed by atoms with van der Waals surface area (Å²) in [5, 5.41) is 3.05. The van der Waals surface area contributed by atoms with E-state index in [1.165, 1.54) is 0 Å². The van der Waals surface area contributed by atoms with E-state index in [0.29, 0.717) is 18.2 Å². The molecule has 1 N–H and O–H groups in total. The summed E-state index contributed by atoms with van der Waals surface area (Å²) < 4.78 is 5.46. The lowest BCUT2D eigenvalue weighted by molar-refractivity contribution is 0.440. The highest BCUT2D eigenvalue weighted by Crippen LogP contribution is 2.19. The van der Waals surface area contributed by atoms with E-state index in [0.717, 1.165) is 0 Å². The molecule has 6 heteroatoms. The quantitative estimate of drug-likeness (QED) is 0.904. The van der Waals surface area contributed by atoms with Crippen LogP contribution in [0.3, 0.4) is 0 Å². The molecule has 0 aliphatic carbocycles. The van der Waals surface area contributed by atoms with Crippen LogP contribution >= 0.6 is 11.6 Å². The SMILES string of the molecule is CCNc1nc(Cl)nc(Oc2ccccc2)n1. The van der Waals surface area contributed by atoms with Gasteiger partial charge in [-0.15, -0.1) is 0 Å². The minimum Gasteiger partial charge on any atom is -0.424 e. The highest BCUT2D eigenvalue weighted by atomic mass is 35.5. The smallest absolute Gasteiger partial charge is 0.328 e. The molecule has 0 saturated heterocycles. The molecule has 0 saturated carbocycles. The highest BCUT2D eigenvalue weighted by Gasteiger charge is 2.06. The van der Waals surface area contributed by atoms with Crippen LogP contribution in [0.4, 0.5) is 5.95 Å². The number of nitrogens with zero attached hydrogens (tertiary/aromatic N) is 3. The van der Waals surface area contributed by atoms with Crippen molar-refractivity contribution in [2.45, 2.75) is 6.92 Å². The second-order valence-corrected chi connectivity index (χ2v) is 3.49. The lowest BCUT2D eigenvalue weighted by Crippen LogP contribution is -2.04. The molecular formula is C11H11ClN4O. The van der Waals surface area contributed by atoms with Crippen molar-refractivity contribution >= 4 is 17.5 Å². The first-order valence-corrected chi connectivity index (χ1v) is 5.54. The van der Waals surface area contributed by atoms with Gasteiger partial charge in [-0.05, 0) is 30.7 Å². The largest absolute Gasteiger partial charge is 0.424 e. The molecule has 2 rings (SSSR count). The van der Waals surface area contributed by atoms with Gasteiger partial charge in [0.25, 0.3) is 0 Å². The van der Waals surface area contributed by atoms with E-state index in [1.54, 1.807) is 0 Å². The normalized spacial score (nSPS) is 10.0. The molecule has 1 aromatic carbocycles. The van der Waals surface area contributed by atoms with Crippen LogP contribution in [0.2, 0.25) is 5.28 Å². The lowest BCUT2D eigenvalue weighted by Gasteiger charge is -2.05. The van der Waals surface area contributed by atoms with E-state index < -0.39 is 0 Å². The van der Waals surface area contributed by atoms with Crippen molar-refractivity contribution in [3.8, 4) is 11.8 Å². The van der Waals surface area contributed by atoms with Crippen molar-refractivity contribution in [2.75, 3.05) is 11.9 Å². The number of anilines is 1. The van der Waals surface area contributed by atoms with Gasteiger partial charge in [-0.25, -0.2) is 0 Å². The summed E-state index contributed by atoms with van der Waals surface area (Å²) >= 11 is 5.77. The average molecular weight is 251 g/mol. The van der Waals surface area contributed by atoms with Crippen molar-refractivity contribution < 1.29 is 4.74 Å². The molecule has 0 bridgehead atoms. The summed E-state index contributed by atoms with van der Waals surface area (Å²) in [6.07, 6.45) is 0. The third kappa shape index (κ3) is 3.29. The third-order valence-corrected chi connectivity index (χ3v) is 2.04. The topological polar surface area (TPSA) is 59.9 Å². The summed E-state index contributed by atoms with van der Waals surface area (Å²) in [6.45, 7) is 2.64. The van der Waals surface area contributed by atoms with Gasteiger partial charge in [-0.3, -0.25) is 0 Å². The molecule has 0 unspecified atom stereocenters. The second-order valence-electron chi connectivity index (χ2n) is 3.16. The molecule has 0 amide bonds. The van der Waals surface area contributed by atoms with Crippen LogP contribution < -0.4 is 10.1 Å². The number of hydrogen-bond donors (Lipinski definition) is 1. The van der Waals surface area contributed by atoms with E-state index in [1.807, 2.05) is 37.3 Å². The summed E-state index contributed by atoms with van der Waals surface area (Å²) in [6, 6.07) is 9.42. The van der Waals surface area contributed by atoms with Crippen LogP contribution in [0.5, 0.6) is 11.8 Å². The Kier molecular flexibility index (Phi) is 3.72. The number of aromatic nitrogens is 3. The third-order valence-electron chi connectivity index (χ3n) is 1.87. The van der Waals surface area contributed by atoms with Crippen molar-refractivity contribution in [3.05, 3.63) is 35.6 Å². The predicted octanol–water partition coefficient (Wildman–Crippen LogP) is 2.75. The molecule has 0 spiro atoms. The zero-order chi connectivity index (χ0) is 12.1. The van der Waals surface area contributed by atoms with Gasteiger partial charge in [0, 0.05) is 6.54 Å². The molecule has 0 aliphatic heterocycles. The molecular weight excluding hydrogens is 240 g/mol. The Morgan fingerprint density at radius 1 is 1.18 bits per heavy atom. The molecule has 5 nitrogen and oxygen atoms in total. The Hall–Kier alpha value is -1.88. The molecule has 0 atom stereocenters. The van der Waals surface area contributed by atoms with Crippen LogP contribution in [0.15, 0.2) is 30.3 Å². The summed E-state index contributed by atoms with van der Waals surface area (Å²) in [4.78, 5) is 11.9. The molecule has 0 radical (unpaired) electrons. The first kappa shape index (κ1) is 11.6. The van der Waals surface area contributed by atoms with Crippen LogP contribution in [-0.4, -0.2) is 21.5 Å². The number of halogens is 1. The first-order valence-electron chi connectivity index (χ1n) is 5.16. The maximum absolute atomic E-state index is 5.77. The summed E-state index contributed by atoms with van der Waals surface area (Å²) in [7, 11) is 0. The molecule has 17 heavy (non-hydrogen) atoms. The monoisotopic (exact) mass is 250 g/mol. The van der Waals surface area contributed by atoms with Crippen molar-refractivity contribution in [2.24, 2.45) is 0 Å². The fourth-order valence-electron chi connectivity index (χ4n) is 1.21. The molecule has 0 fully saturated rings. The number of rotatable bonds is 4. The standard InChI is InChI=1S/C11H11ClN4O/c1-2-13-10-14-9(12)15-11(16-10)17-8-6-4-3-5-7-8/h3-7H,2H2,1H3,(H,13,14,15,16). The van der Waals surface area contributed by atoms with Gasteiger partial charge in [-0.2, -0.15) is 15.0 Å². The number of benzene rings is 1. The number of nitrogens with one attached hydrogen (secondary N) is 1. The number of para-hydroxylation sites is 1. The van der Waals surface area contributed by atoms with Gasteiger partial charge in [0.15, 0.2) is 0 Å². The number of ether oxygens (including phenoxy) is 1. The van der Waals surface area contributed by atoms with Crippen molar-refractivity contribution in [3.63, 3.8) is 0 Å². The Morgan fingerprint density at radius 2 is 1.94 bits per heavy atom. The summed E-state index contributed by atoms with van der Waals surface area (Å²) in [5.74, 6) is 1.05. The maximum Gasteiger partial charge on any atom is 0.328 e. The number of hydrogen-bond acceptors (Lipinski definition) is 5. The van der Waals surface area contributed by atoms with E-state index in [2.05, 4.69) is 20.3 Å². The van der Waals surface area contributed by atoms with Gasteiger partial charge in [-0.1, -0.05) is 18.2 Å². The van der Waals surface area contributed by atoms with Crippen molar-refractivity contribution in [1.82, 2.24) is 15.0 Å². The lowest BCUT2D eigenvalue weighted by atomic mass is 10.3. The van der Waals surface area contributed by atoms with Crippen LogP contribution in [0, 0.1) is 0 Å². The molecule has 1 heterocycles. The van der Waals surface area contributed by atoms with E-state index in [-0.39, 0.29) is 11.3 Å². The fraction of sp³-hybridized carbons (Fsp3) is 0.182. The fourth-order valence-corrected chi connectivity index (χ4v) is 1.36. The molecule has 0 aliphatic rings. The van der Waals surface area contributed by atoms with Gasteiger partial charge < -0.3 is 10.1 Å². The molecule has 1 aromatic heterocycles. The first-order chi connectivity index (χ1) is 8.28. The highest BCUT2D eigenvalue weighted by molar-refractivity contribution is 6.28. The Labute approximate surface area is 104 Å². The summed E-state index contributed by atoms with van der Waals surface area (Å²) in [5.41, 5.74) is 0. The van der Waals surface area contributed by atoms with Crippen molar-refractivity contribution in [1.29, 1.82) is 0 Å². The Balaban J connectivity index is 2.21. The van der Waals surface area contributed by atoms with E-state index in [4.69, 9.17) is 16.3 Å². The van der Waals surface area contributed by atoms with Gasteiger partial charge in [0.2, 0.25) is 11.2 Å². The van der Waals surface area contributed by atoms with Gasteiger partial charge >= 0.3 is 6.01 Å². The van der Waals surface area contributed by atoms with Gasteiger partial charge in [0.05, 0.1) is 0 Å². The Morgan fingerprint density at radius 3 is 2.65 bits per heavy atom. The minimum atomic E-state index is 0.0990. The van der Waals surface area contributed by atoms with Gasteiger partial charge in [0.1, 0.15) is 5.75 Å². The zero-order valence-electron chi connectivity index (χ0n) is 9.22. The van der Waals surface area contributed by atoms with Crippen LogP contribution in [-0.2, 0) is 0 Å². The Bertz CT molecular complexity index is 492. The minimum absolute atomic E-state index is 0.0990. The van der Waals surface area contributed by atoms with Crippen LogP contribution in [0.1, 0.15) is 6.92 Å². The zero-order valence-corrected chi connectivity index (χ0v) is 9.98.